The van der Waals surface area contributed by atoms with Crippen LogP contribution in [0.15, 0.2) is 24.3 Å². The second-order valence-electron chi connectivity index (χ2n) is 2.82. The van der Waals surface area contributed by atoms with E-state index in [1.54, 1.807) is 18.2 Å². The zero-order valence-corrected chi connectivity index (χ0v) is 10.2. The van der Waals surface area contributed by atoms with Crippen LogP contribution in [0.1, 0.15) is 5.56 Å². The highest BCUT2D eigenvalue weighted by atomic mass is 35.5. The number of halogens is 5. The normalized spacial score (nSPS) is 12.3. The summed E-state index contributed by atoms with van der Waals surface area (Å²) in [6.45, 7) is 0. The predicted octanol–water partition coefficient (Wildman–Crippen LogP) is 5.26. The van der Waals surface area contributed by atoms with Crippen molar-refractivity contribution in [2.24, 2.45) is 0 Å². The zero-order valence-electron chi connectivity index (χ0n) is 7.89. The van der Waals surface area contributed by atoms with Gasteiger partial charge in [0, 0.05) is 15.8 Å². The fraction of sp³-hybridized carbons (Fsp3) is 0.200. The van der Waals surface area contributed by atoms with Gasteiger partial charge in [0.25, 0.3) is 0 Å². The average molecular weight is 287 g/mol. The summed E-state index contributed by atoms with van der Waals surface area (Å²) >= 11 is 11.4. The minimum Gasteiger partial charge on any atom is -0.160 e. The van der Waals surface area contributed by atoms with Crippen LogP contribution in [-0.2, 0) is 0 Å². The molecule has 0 aromatic heterocycles. The number of hydrogen-bond donors (Lipinski definition) is 0. The van der Waals surface area contributed by atoms with E-state index in [1.165, 1.54) is 12.2 Å². The van der Waals surface area contributed by atoms with Crippen LogP contribution >= 0.6 is 35.0 Å². The van der Waals surface area contributed by atoms with E-state index >= 15 is 0 Å². The summed E-state index contributed by atoms with van der Waals surface area (Å²) in [6, 6.07) is 4.82. The maximum atomic E-state index is 11.8. The van der Waals surface area contributed by atoms with E-state index in [0.717, 1.165) is 0 Å². The van der Waals surface area contributed by atoms with Crippen LogP contribution in [0.5, 0.6) is 0 Å². The molecule has 0 aliphatic rings. The molecule has 0 atom stereocenters. The highest BCUT2D eigenvalue weighted by Crippen LogP contribution is 2.30. The van der Waals surface area contributed by atoms with E-state index in [9.17, 15) is 13.2 Å². The SMILES string of the molecule is FC(F)(F)SC/C=C/c1ccc(Cl)cc1Cl. The van der Waals surface area contributed by atoms with E-state index < -0.39 is 5.51 Å². The third-order valence-electron chi connectivity index (χ3n) is 1.60. The van der Waals surface area contributed by atoms with Gasteiger partial charge in [-0.3, -0.25) is 0 Å². The molecule has 0 aliphatic carbocycles. The first kappa shape index (κ1) is 13.7. The third kappa shape index (κ3) is 5.14. The number of rotatable bonds is 3. The number of hydrogen-bond acceptors (Lipinski definition) is 1. The van der Waals surface area contributed by atoms with Gasteiger partial charge in [0.1, 0.15) is 0 Å². The summed E-state index contributed by atoms with van der Waals surface area (Å²) in [5, 5.41) is 0.910. The van der Waals surface area contributed by atoms with Gasteiger partial charge in [0.15, 0.2) is 0 Å². The van der Waals surface area contributed by atoms with Crippen molar-refractivity contribution < 1.29 is 13.2 Å². The van der Waals surface area contributed by atoms with Crippen molar-refractivity contribution in [1.29, 1.82) is 0 Å². The molecule has 0 amide bonds. The smallest absolute Gasteiger partial charge is 0.160 e. The number of benzene rings is 1. The summed E-state index contributed by atoms with van der Waals surface area (Å²) < 4.78 is 35.4. The molecule has 0 saturated carbocycles. The minimum atomic E-state index is -4.20. The minimum absolute atomic E-state index is 0.0941. The van der Waals surface area contributed by atoms with Crippen molar-refractivity contribution in [3.05, 3.63) is 39.9 Å². The maximum absolute atomic E-state index is 11.8. The molecular weight excluding hydrogens is 280 g/mol. The Morgan fingerprint density at radius 2 is 1.94 bits per heavy atom. The van der Waals surface area contributed by atoms with Gasteiger partial charge < -0.3 is 0 Å². The number of thioether (sulfide) groups is 1. The number of alkyl halides is 3. The van der Waals surface area contributed by atoms with Gasteiger partial charge >= 0.3 is 5.51 Å². The van der Waals surface area contributed by atoms with Gasteiger partial charge in [-0.1, -0.05) is 41.4 Å². The molecule has 1 rings (SSSR count). The monoisotopic (exact) mass is 286 g/mol. The molecule has 6 heteroatoms. The molecule has 0 saturated heterocycles. The van der Waals surface area contributed by atoms with Gasteiger partial charge in [-0.15, -0.1) is 0 Å². The summed E-state index contributed by atoms with van der Waals surface area (Å²) in [5.74, 6) is -0.136. The molecule has 0 bridgehead atoms. The lowest BCUT2D eigenvalue weighted by Crippen LogP contribution is -1.99. The van der Waals surface area contributed by atoms with Gasteiger partial charge in [-0.25, -0.2) is 0 Å². The van der Waals surface area contributed by atoms with E-state index in [1.807, 2.05) is 0 Å². The summed E-state index contributed by atoms with van der Waals surface area (Å²) in [6.07, 6.45) is 2.95. The predicted molar refractivity (Wildman–Crippen MR) is 64.0 cm³/mol. The molecule has 0 unspecified atom stereocenters. The zero-order chi connectivity index (χ0) is 12.2. The van der Waals surface area contributed by atoms with Crippen LogP contribution in [0.3, 0.4) is 0 Å². The van der Waals surface area contributed by atoms with Crippen molar-refractivity contribution in [1.82, 2.24) is 0 Å². The maximum Gasteiger partial charge on any atom is 0.442 e. The second kappa shape index (κ2) is 5.84. The molecule has 0 aliphatic heterocycles. The molecule has 1 aromatic rings. The first-order valence-electron chi connectivity index (χ1n) is 4.21. The molecule has 0 N–H and O–H groups in total. The lowest BCUT2D eigenvalue weighted by Gasteiger charge is -2.02. The van der Waals surface area contributed by atoms with E-state index in [4.69, 9.17) is 23.2 Å². The first-order valence-corrected chi connectivity index (χ1v) is 5.95. The molecule has 0 heterocycles. The molecule has 1 aromatic carbocycles. The van der Waals surface area contributed by atoms with Crippen LogP contribution in [0.4, 0.5) is 13.2 Å². The van der Waals surface area contributed by atoms with Crippen LogP contribution in [0, 0.1) is 0 Å². The topological polar surface area (TPSA) is 0 Å². The van der Waals surface area contributed by atoms with Crippen LogP contribution in [0.25, 0.3) is 6.08 Å². The summed E-state index contributed by atoms with van der Waals surface area (Å²) in [7, 11) is 0. The quantitative estimate of drug-likeness (QED) is 0.730. The highest BCUT2D eigenvalue weighted by Gasteiger charge is 2.26. The van der Waals surface area contributed by atoms with E-state index in [-0.39, 0.29) is 17.5 Å². The Hall–Kier alpha value is -0.320. The van der Waals surface area contributed by atoms with Crippen molar-refractivity contribution in [2.75, 3.05) is 5.75 Å². The van der Waals surface area contributed by atoms with Crippen LogP contribution in [-0.4, -0.2) is 11.3 Å². The molecular formula is C10H7Cl2F3S. The van der Waals surface area contributed by atoms with E-state index in [0.29, 0.717) is 15.6 Å². The molecule has 0 radical (unpaired) electrons. The average Bonchev–Trinajstić information content (AvgIpc) is 2.13. The van der Waals surface area contributed by atoms with Crippen molar-refractivity contribution in [3.63, 3.8) is 0 Å². The Morgan fingerprint density at radius 1 is 1.25 bits per heavy atom. The Morgan fingerprint density at radius 3 is 2.50 bits per heavy atom. The fourth-order valence-electron chi connectivity index (χ4n) is 0.954. The first-order chi connectivity index (χ1) is 7.38. The van der Waals surface area contributed by atoms with E-state index in [2.05, 4.69) is 0 Å². The third-order valence-corrected chi connectivity index (χ3v) is 2.85. The standard InChI is InChI=1S/C10H7Cl2F3S/c11-8-4-3-7(9(12)6-8)2-1-5-16-10(13,14)15/h1-4,6H,5H2/b2-1+. The van der Waals surface area contributed by atoms with Crippen LogP contribution in [0.2, 0.25) is 10.0 Å². The summed E-state index contributed by atoms with van der Waals surface area (Å²) in [5.41, 5.74) is -3.55. The molecule has 0 nitrogen and oxygen atoms in total. The Balaban J connectivity index is 2.57. The Bertz CT molecular complexity index is 388. The van der Waals surface area contributed by atoms with Gasteiger partial charge in [-0.2, -0.15) is 13.2 Å². The Kier molecular flexibility index (Phi) is 5.02. The second-order valence-corrected chi connectivity index (χ2v) is 4.75. The van der Waals surface area contributed by atoms with Gasteiger partial charge in [0.2, 0.25) is 0 Å². The fourth-order valence-corrected chi connectivity index (χ4v) is 1.81. The van der Waals surface area contributed by atoms with Gasteiger partial charge in [-0.05, 0) is 29.5 Å². The molecule has 0 fully saturated rings. The van der Waals surface area contributed by atoms with Crippen molar-refractivity contribution in [3.8, 4) is 0 Å². The molecule has 16 heavy (non-hydrogen) atoms. The summed E-state index contributed by atoms with van der Waals surface area (Å²) in [4.78, 5) is 0. The van der Waals surface area contributed by atoms with Crippen LogP contribution < -0.4 is 0 Å². The lowest BCUT2D eigenvalue weighted by atomic mass is 10.2. The van der Waals surface area contributed by atoms with Gasteiger partial charge in [0.05, 0.1) is 0 Å². The van der Waals surface area contributed by atoms with Crippen molar-refractivity contribution in [2.45, 2.75) is 5.51 Å². The highest BCUT2D eigenvalue weighted by molar-refractivity contribution is 8.00. The van der Waals surface area contributed by atoms with Crippen molar-refractivity contribution >= 4 is 41.0 Å². The Labute approximate surface area is 105 Å². The molecule has 88 valence electrons. The lowest BCUT2D eigenvalue weighted by molar-refractivity contribution is -0.0326. The molecule has 0 spiro atoms. The largest absolute Gasteiger partial charge is 0.442 e.